The van der Waals surface area contributed by atoms with Gasteiger partial charge in [0.25, 0.3) is 0 Å². The van der Waals surface area contributed by atoms with Crippen molar-refractivity contribution >= 4 is 23.2 Å². The molecule has 0 unspecified atom stereocenters. The molecule has 2 N–H and O–H groups in total. The number of rotatable bonds is 7. The zero-order valence-corrected chi connectivity index (χ0v) is 20.5. The normalized spacial score (nSPS) is 13.9. The monoisotopic (exact) mass is 472 g/mol. The van der Waals surface area contributed by atoms with E-state index in [1.807, 2.05) is 14.1 Å². The van der Waals surface area contributed by atoms with E-state index in [-0.39, 0.29) is 6.04 Å². The van der Waals surface area contributed by atoms with Crippen molar-refractivity contribution in [3.63, 3.8) is 0 Å². The van der Waals surface area contributed by atoms with Crippen molar-refractivity contribution < 1.29 is 14.3 Å². The number of benzene rings is 3. The van der Waals surface area contributed by atoms with E-state index in [9.17, 15) is 9.59 Å². The van der Waals surface area contributed by atoms with Crippen LogP contribution < -0.4 is 20.3 Å². The number of carbonyl (C=O) groups excluding carboxylic acids is 2. The van der Waals surface area contributed by atoms with E-state index < -0.39 is 11.8 Å². The number of hydrogen-bond acceptors (Lipinski definition) is 5. The molecular weight excluding hydrogens is 440 g/mol. The summed E-state index contributed by atoms with van der Waals surface area (Å²) in [7, 11) is 5.57. The fourth-order valence-corrected chi connectivity index (χ4v) is 4.39. The summed E-state index contributed by atoms with van der Waals surface area (Å²) in [4.78, 5) is 29.6. The molecule has 3 aromatic carbocycles. The van der Waals surface area contributed by atoms with Crippen molar-refractivity contribution in [2.75, 3.05) is 44.5 Å². The molecule has 0 saturated heterocycles. The SMILES string of the molecule is COc1cccc(NC(=O)C(=O)NC[C@@H](c2ccc(N(C)C)cc2)N2CCc3ccccc3C2)c1. The van der Waals surface area contributed by atoms with Crippen molar-refractivity contribution in [1.82, 2.24) is 10.2 Å². The number of ether oxygens (including phenoxy) is 1. The maximum Gasteiger partial charge on any atom is 0.313 e. The molecule has 7 nitrogen and oxygen atoms in total. The van der Waals surface area contributed by atoms with Crippen LogP contribution in [0, 0.1) is 0 Å². The van der Waals surface area contributed by atoms with Crippen molar-refractivity contribution in [2.45, 2.75) is 19.0 Å². The summed E-state index contributed by atoms with van der Waals surface area (Å²) < 4.78 is 5.18. The maximum atomic E-state index is 12.7. The van der Waals surface area contributed by atoms with Gasteiger partial charge in [0.05, 0.1) is 13.2 Å². The predicted molar refractivity (Wildman–Crippen MR) is 139 cm³/mol. The van der Waals surface area contributed by atoms with Gasteiger partial charge in [-0.25, -0.2) is 0 Å². The molecule has 7 heteroatoms. The Morgan fingerprint density at radius 1 is 0.971 bits per heavy atom. The smallest absolute Gasteiger partial charge is 0.313 e. The number of amides is 2. The molecule has 3 aromatic rings. The first-order valence-corrected chi connectivity index (χ1v) is 11.8. The highest BCUT2D eigenvalue weighted by Gasteiger charge is 2.26. The van der Waals surface area contributed by atoms with Crippen LogP contribution in [-0.2, 0) is 22.6 Å². The largest absolute Gasteiger partial charge is 0.497 e. The van der Waals surface area contributed by atoms with Gasteiger partial charge >= 0.3 is 11.8 Å². The fraction of sp³-hybridized carbons (Fsp3) is 0.286. The van der Waals surface area contributed by atoms with E-state index >= 15 is 0 Å². The lowest BCUT2D eigenvalue weighted by Crippen LogP contribution is -2.43. The van der Waals surface area contributed by atoms with Crippen LogP contribution in [0.1, 0.15) is 22.7 Å². The van der Waals surface area contributed by atoms with Gasteiger partial charge in [-0.1, -0.05) is 42.5 Å². The second kappa shape index (κ2) is 11.1. The minimum Gasteiger partial charge on any atom is -0.497 e. The highest BCUT2D eigenvalue weighted by molar-refractivity contribution is 6.39. The van der Waals surface area contributed by atoms with Gasteiger partial charge in [0.2, 0.25) is 0 Å². The molecule has 0 spiro atoms. The Balaban J connectivity index is 1.48. The van der Waals surface area contributed by atoms with E-state index in [4.69, 9.17) is 4.74 Å². The second-order valence-corrected chi connectivity index (χ2v) is 8.89. The average molecular weight is 473 g/mol. The zero-order chi connectivity index (χ0) is 24.8. The lowest BCUT2D eigenvalue weighted by Gasteiger charge is -2.36. The number of hydrogen-bond donors (Lipinski definition) is 2. The maximum absolute atomic E-state index is 12.7. The third kappa shape index (κ3) is 6.00. The Bertz CT molecular complexity index is 1180. The van der Waals surface area contributed by atoms with Gasteiger partial charge in [0, 0.05) is 51.2 Å². The molecule has 0 radical (unpaired) electrons. The minimum absolute atomic E-state index is 0.0619. The summed E-state index contributed by atoms with van der Waals surface area (Å²) in [6.45, 7) is 2.00. The Kier molecular flexibility index (Phi) is 7.67. The molecule has 0 aliphatic carbocycles. The number of carbonyl (C=O) groups is 2. The Hall–Kier alpha value is -3.84. The summed E-state index contributed by atoms with van der Waals surface area (Å²) in [5.41, 5.74) is 5.39. The van der Waals surface area contributed by atoms with Crippen LogP contribution in [0.4, 0.5) is 11.4 Å². The quantitative estimate of drug-likeness (QED) is 0.514. The second-order valence-electron chi connectivity index (χ2n) is 8.89. The van der Waals surface area contributed by atoms with Gasteiger partial charge in [-0.05, 0) is 47.4 Å². The van der Waals surface area contributed by atoms with E-state index in [0.717, 1.165) is 30.8 Å². The fourth-order valence-electron chi connectivity index (χ4n) is 4.39. The highest BCUT2D eigenvalue weighted by Crippen LogP contribution is 2.29. The highest BCUT2D eigenvalue weighted by atomic mass is 16.5. The topological polar surface area (TPSA) is 73.9 Å². The molecule has 0 aromatic heterocycles. The summed E-state index contributed by atoms with van der Waals surface area (Å²) in [6, 6.07) is 23.7. The van der Waals surface area contributed by atoms with Crippen LogP contribution >= 0.6 is 0 Å². The third-order valence-electron chi connectivity index (χ3n) is 6.39. The standard InChI is InChI=1S/C28H32N4O3/c1-31(2)24-13-11-21(12-14-24)26(32-16-15-20-7-4-5-8-22(20)19-32)18-29-27(33)28(34)30-23-9-6-10-25(17-23)35-3/h4-14,17,26H,15-16,18-19H2,1-3H3,(H,29,33)(H,30,34)/t26-/m0/s1. The first-order valence-electron chi connectivity index (χ1n) is 11.8. The van der Waals surface area contributed by atoms with E-state index in [1.165, 1.54) is 11.1 Å². The van der Waals surface area contributed by atoms with Crippen molar-refractivity contribution in [3.05, 3.63) is 89.5 Å². The average Bonchev–Trinajstić information content (AvgIpc) is 2.89. The van der Waals surface area contributed by atoms with Crippen LogP contribution in [0.3, 0.4) is 0 Å². The molecule has 1 atom stereocenters. The predicted octanol–water partition coefficient (Wildman–Crippen LogP) is 3.62. The summed E-state index contributed by atoms with van der Waals surface area (Å²) in [6.07, 6.45) is 0.951. The van der Waals surface area contributed by atoms with E-state index in [0.29, 0.717) is 18.0 Å². The van der Waals surface area contributed by atoms with E-state index in [1.54, 1.807) is 31.4 Å². The summed E-state index contributed by atoms with van der Waals surface area (Å²) >= 11 is 0. The van der Waals surface area contributed by atoms with Crippen LogP contribution in [0.2, 0.25) is 0 Å². The van der Waals surface area contributed by atoms with E-state index in [2.05, 4.69) is 69.0 Å². The Labute approximate surface area is 206 Å². The zero-order valence-electron chi connectivity index (χ0n) is 20.5. The summed E-state index contributed by atoms with van der Waals surface area (Å²) in [5.74, 6) is -0.765. The van der Waals surface area contributed by atoms with Gasteiger partial charge in [-0.2, -0.15) is 0 Å². The molecular formula is C28H32N4O3. The molecule has 1 heterocycles. The number of methoxy groups -OCH3 is 1. The minimum atomic E-state index is -0.705. The van der Waals surface area contributed by atoms with Gasteiger partial charge in [-0.3, -0.25) is 14.5 Å². The van der Waals surface area contributed by atoms with Gasteiger partial charge < -0.3 is 20.3 Å². The summed E-state index contributed by atoms with van der Waals surface area (Å²) in [5, 5.41) is 5.50. The molecule has 1 aliphatic heterocycles. The van der Waals surface area contributed by atoms with Gasteiger partial charge in [-0.15, -0.1) is 0 Å². The van der Waals surface area contributed by atoms with Crippen molar-refractivity contribution in [1.29, 1.82) is 0 Å². The van der Waals surface area contributed by atoms with Crippen molar-refractivity contribution in [2.24, 2.45) is 0 Å². The molecule has 0 saturated carbocycles. The Morgan fingerprint density at radius 3 is 2.43 bits per heavy atom. The molecule has 35 heavy (non-hydrogen) atoms. The lowest BCUT2D eigenvalue weighted by molar-refractivity contribution is -0.136. The number of nitrogens with zero attached hydrogens (tertiary/aromatic N) is 2. The molecule has 0 fully saturated rings. The number of nitrogens with one attached hydrogen (secondary N) is 2. The lowest BCUT2D eigenvalue weighted by atomic mass is 9.96. The van der Waals surface area contributed by atoms with Crippen LogP contribution in [-0.4, -0.2) is 51.0 Å². The molecule has 0 bridgehead atoms. The third-order valence-corrected chi connectivity index (χ3v) is 6.39. The first-order chi connectivity index (χ1) is 16.9. The van der Waals surface area contributed by atoms with Gasteiger partial charge in [0.15, 0.2) is 0 Å². The van der Waals surface area contributed by atoms with Crippen LogP contribution in [0.15, 0.2) is 72.8 Å². The Morgan fingerprint density at radius 2 is 1.71 bits per heavy atom. The van der Waals surface area contributed by atoms with Gasteiger partial charge in [0.1, 0.15) is 5.75 Å². The molecule has 1 aliphatic rings. The van der Waals surface area contributed by atoms with Crippen LogP contribution in [0.25, 0.3) is 0 Å². The molecule has 4 rings (SSSR count). The molecule has 2 amide bonds. The van der Waals surface area contributed by atoms with Crippen molar-refractivity contribution in [3.8, 4) is 5.75 Å². The number of anilines is 2. The van der Waals surface area contributed by atoms with Crippen LogP contribution in [0.5, 0.6) is 5.75 Å². The molecule has 182 valence electrons. The first kappa shape index (κ1) is 24.3. The number of fused-ring (bicyclic) bond motifs is 1.